The van der Waals surface area contributed by atoms with Gasteiger partial charge in [-0.2, -0.15) is 0 Å². The van der Waals surface area contributed by atoms with Crippen LogP contribution in [-0.4, -0.2) is 71.5 Å². The van der Waals surface area contributed by atoms with Crippen LogP contribution in [0.3, 0.4) is 0 Å². The normalized spacial score (nSPS) is 15.7. The summed E-state index contributed by atoms with van der Waals surface area (Å²) in [5.74, 6) is -0.419. The number of guanidine groups is 1. The van der Waals surface area contributed by atoms with Crippen molar-refractivity contribution in [3.8, 4) is 0 Å². The number of hydrogen-bond acceptors (Lipinski definition) is 9. The Morgan fingerprint density at radius 2 is 2.09 bits per heavy atom. The van der Waals surface area contributed by atoms with Crippen LogP contribution in [-0.2, 0) is 9.53 Å². The number of alkyl halides is 1. The molecular weight excluding hydrogens is 498 g/mol. The number of halogens is 1. The van der Waals surface area contributed by atoms with E-state index in [-0.39, 0.29) is 19.0 Å². The van der Waals surface area contributed by atoms with Gasteiger partial charge in [0.1, 0.15) is 18.1 Å². The number of hydrogen-bond donors (Lipinski definition) is 5. The lowest BCUT2D eigenvalue weighted by Crippen LogP contribution is -2.54. The molecule has 6 N–H and O–H groups in total. The van der Waals surface area contributed by atoms with Gasteiger partial charge in [0.05, 0.1) is 6.61 Å². The molecule has 184 valence electrons. The zero-order chi connectivity index (χ0) is 24.5. The smallest absolute Gasteiger partial charge is 0.417 e. The first-order valence-electron chi connectivity index (χ1n) is 10.7. The van der Waals surface area contributed by atoms with Crippen molar-refractivity contribution < 1.29 is 19.4 Å². The SMILES string of the molecule is CCCCCOC(=O)N1c2c(N(C)C)ncnc2N(N[C@H](CCCNC(=N)N)C(=O)O)C1Br. The predicted molar refractivity (Wildman–Crippen MR) is 129 cm³/mol. The number of hydrazine groups is 1. The van der Waals surface area contributed by atoms with Crippen molar-refractivity contribution in [1.82, 2.24) is 20.7 Å². The number of fused-ring (bicyclic) bond motifs is 1. The van der Waals surface area contributed by atoms with Crippen LogP contribution >= 0.6 is 15.9 Å². The number of carboxylic acid groups (broad SMARTS) is 1. The molecule has 14 heteroatoms. The highest BCUT2D eigenvalue weighted by molar-refractivity contribution is 9.09. The predicted octanol–water partition coefficient (Wildman–Crippen LogP) is 1.40. The molecule has 0 spiro atoms. The second-order valence-electron chi connectivity index (χ2n) is 7.64. The molecule has 0 saturated heterocycles. The van der Waals surface area contributed by atoms with Crippen LogP contribution in [0, 0.1) is 5.41 Å². The van der Waals surface area contributed by atoms with E-state index in [1.54, 1.807) is 19.0 Å². The topological polar surface area (TPSA) is 173 Å². The number of aliphatic carboxylic acids is 1. The van der Waals surface area contributed by atoms with E-state index in [0.29, 0.717) is 30.3 Å². The number of anilines is 3. The second kappa shape index (κ2) is 12.4. The van der Waals surface area contributed by atoms with Crippen LogP contribution in [0.5, 0.6) is 0 Å². The van der Waals surface area contributed by atoms with E-state index in [1.807, 2.05) is 0 Å². The van der Waals surface area contributed by atoms with Crippen LogP contribution < -0.4 is 31.3 Å². The molecule has 0 radical (unpaired) electrons. The summed E-state index contributed by atoms with van der Waals surface area (Å²) in [4.78, 5) is 36.6. The van der Waals surface area contributed by atoms with Gasteiger partial charge in [0, 0.05) is 20.6 Å². The molecule has 33 heavy (non-hydrogen) atoms. The lowest BCUT2D eigenvalue weighted by molar-refractivity contribution is -0.139. The highest BCUT2D eigenvalue weighted by Crippen LogP contribution is 2.44. The summed E-state index contributed by atoms with van der Waals surface area (Å²) in [6.45, 7) is 2.70. The van der Waals surface area contributed by atoms with Crippen molar-refractivity contribution in [3.05, 3.63) is 6.33 Å². The van der Waals surface area contributed by atoms with Crippen LogP contribution in [0.1, 0.15) is 39.0 Å². The number of carboxylic acids is 1. The standard InChI is InChI=1S/C19H32BrN9O4/c1-4-5-6-10-33-19(32)28-13-14(27(2)3)24-11-25-15(13)29(17(28)20)26-12(16(30)31)8-7-9-23-18(21)22/h11-12,17,26H,4-10H2,1-3H3,(H,30,31)(H4,21,22,23)/t12-,17?/m1/s1. The minimum absolute atomic E-state index is 0.176. The van der Waals surface area contributed by atoms with Crippen molar-refractivity contribution in [2.75, 3.05) is 42.1 Å². The number of carbonyl (C=O) groups is 2. The van der Waals surface area contributed by atoms with Gasteiger partial charge in [0.15, 0.2) is 22.7 Å². The third-order valence-corrected chi connectivity index (χ3v) is 5.67. The molecule has 2 heterocycles. The number of aromatic nitrogens is 2. The average molecular weight is 530 g/mol. The van der Waals surface area contributed by atoms with Gasteiger partial charge in [-0.3, -0.25) is 15.2 Å². The van der Waals surface area contributed by atoms with E-state index >= 15 is 0 Å². The second-order valence-corrected chi connectivity index (χ2v) is 8.46. The fourth-order valence-corrected chi connectivity index (χ4v) is 3.91. The molecule has 13 nitrogen and oxygen atoms in total. The first-order chi connectivity index (χ1) is 15.7. The fraction of sp³-hybridized carbons (Fsp3) is 0.632. The molecule has 1 aromatic rings. The first kappa shape index (κ1) is 26.4. The van der Waals surface area contributed by atoms with Gasteiger partial charge in [-0.15, -0.1) is 0 Å². The highest BCUT2D eigenvalue weighted by Gasteiger charge is 2.44. The Labute approximate surface area is 201 Å². The van der Waals surface area contributed by atoms with Gasteiger partial charge < -0.3 is 25.8 Å². The molecule has 0 aromatic carbocycles. The summed E-state index contributed by atoms with van der Waals surface area (Å²) in [7, 11) is 3.57. The van der Waals surface area contributed by atoms with Crippen LogP contribution in [0.25, 0.3) is 0 Å². The number of rotatable bonds is 12. The molecule has 1 aliphatic heterocycles. The third kappa shape index (κ3) is 6.81. The number of ether oxygens (including phenoxy) is 1. The summed E-state index contributed by atoms with van der Waals surface area (Å²) in [6, 6.07) is -0.982. The number of nitrogens with zero attached hydrogens (tertiary/aromatic N) is 5. The maximum Gasteiger partial charge on any atom is 0.417 e. The minimum Gasteiger partial charge on any atom is -0.480 e. The molecule has 0 bridgehead atoms. The number of nitrogens with one attached hydrogen (secondary N) is 3. The van der Waals surface area contributed by atoms with Gasteiger partial charge in [0.2, 0.25) is 0 Å². The Balaban J connectivity index is 2.27. The van der Waals surface area contributed by atoms with Crippen molar-refractivity contribution in [1.29, 1.82) is 5.41 Å². The Bertz CT molecular complexity index is 841. The first-order valence-corrected chi connectivity index (χ1v) is 11.6. The molecule has 1 amide bonds. The number of carbonyl (C=O) groups excluding carboxylic acids is 1. The number of unbranched alkanes of at least 4 members (excludes halogenated alkanes) is 2. The van der Waals surface area contributed by atoms with E-state index in [2.05, 4.69) is 43.6 Å². The number of nitrogens with two attached hydrogens (primary N) is 1. The van der Waals surface area contributed by atoms with Crippen molar-refractivity contribution >= 4 is 51.3 Å². The Kier molecular flexibility index (Phi) is 9.91. The molecular formula is C19H32BrN9O4. The van der Waals surface area contributed by atoms with Crippen LogP contribution in [0.4, 0.5) is 22.1 Å². The van der Waals surface area contributed by atoms with Gasteiger partial charge in [-0.05, 0) is 35.2 Å². The van der Waals surface area contributed by atoms with Gasteiger partial charge in [0.25, 0.3) is 0 Å². The summed E-state index contributed by atoms with van der Waals surface area (Å²) in [5, 5.41) is 20.3. The van der Waals surface area contributed by atoms with E-state index in [9.17, 15) is 14.7 Å². The van der Waals surface area contributed by atoms with Crippen molar-refractivity contribution in [2.45, 2.75) is 50.1 Å². The van der Waals surface area contributed by atoms with E-state index in [4.69, 9.17) is 15.9 Å². The van der Waals surface area contributed by atoms with Crippen molar-refractivity contribution in [3.63, 3.8) is 0 Å². The van der Waals surface area contributed by atoms with Gasteiger partial charge in [-0.1, -0.05) is 19.8 Å². The molecule has 1 unspecified atom stereocenters. The molecule has 2 rings (SSSR count). The van der Waals surface area contributed by atoms with E-state index in [1.165, 1.54) is 16.2 Å². The number of amides is 1. The summed E-state index contributed by atoms with van der Waals surface area (Å²) in [5.41, 5.74) is 8.62. The molecule has 0 saturated carbocycles. The minimum atomic E-state index is -1.07. The zero-order valence-corrected chi connectivity index (χ0v) is 20.6. The lowest BCUT2D eigenvalue weighted by Gasteiger charge is -2.29. The fourth-order valence-electron chi connectivity index (χ4n) is 3.22. The van der Waals surface area contributed by atoms with Crippen LogP contribution in [0.15, 0.2) is 6.33 Å². The molecule has 0 fully saturated rings. The monoisotopic (exact) mass is 529 g/mol. The molecule has 1 aromatic heterocycles. The van der Waals surface area contributed by atoms with E-state index < -0.39 is 23.2 Å². The zero-order valence-electron chi connectivity index (χ0n) is 19.0. The Morgan fingerprint density at radius 1 is 1.36 bits per heavy atom. The quantitative estimate of drug-likeness (QED) is 0.0869. The van der Waals surface area contributed by atoms with Crippen LogP contribution in [0.2, 0.25) is 0 Å². The molecule has 2 atom stereocenters. The highest BCUT2D eigenvalue weighted by atomic mass is 79.9. The Hall–Kier alpha value is -2.87. The lowest BCUT2D eigenvalue weighted by atomic mass is 10.1. The third-order valence-electron chi connectivity index (χ3n) is 4.85. The summed E-state index contributed by atoms with van der Waals surface area (Å²) < 4.78 is 5.46. The van der Waals surface area contributed by atoms with E-state index in [0.717, 1.165) is 19.3 Å². The maximum atomic E-state index is 13.0. The summed E-state index contributed by atoms with van der Waals surface area (Å²) in [6.07, 6.45) is 4.15. The van der Waals surface area contributed by atoms with Gasteiger partial charge in [-0.25, -0.2) is 25.1 Å². The molecule has 0 aliphatic carbocycles. The Morgan fingerprint density at radius 3 is 2.70 bits per heavy atom. The maximum absolute atomic E-state index is 13.0. The largest absolute Gasteiger partial charge is 0.480 e. The van der Waals surface area contributed by atoms with Crippen molar-refractivity contribution in [2.24, 2.45) is 5.73 Å². The van der Waals surface area contributed by atoms with Gasteiger partial charge >= 0.3 is 12.1 Å². The average Bonchev–Trinajstić information content (AvgIpc) is 3.04. The molecule has 1 aliphatic rings. The summed E-state index contributed by atoms with van der Waals surface area (Å²) >= 11 is 3.49.